The van der Waals surface area contributed by atoms with Gasteiger partial charge in [0.05, 0.1) is 13.7 Å². The van der Waals surface area contributed by atoms with E-state index in [1.165, 1.54) is 7.11 Å². The third-order valence-electron chi connectivity index (χ3n) is 2.03. The largest absolute Gasteiger partial charge is 0.468 e. The van der Waals surface area contributed by atoms with Gasteiger partial charge in [-0.1, -0.05) is 13.8 Å². The van der Waals surface area contributed by atoms with Crippen molar-refractivity contribution in [2.24, 2.45) is 11.7 Å². The Morgan fingerprint density at radius 3 is 2.44 bits per heavy atom. The first kappa shape index (κ1) is 15.6. The van der Waals surface area contributed by atoms with Crippen molar-refractivity contribution in [2.45, 2.75) is 26.3 Å². The van der Waals surface area contributed by atoms with E-state index < -0.39 is 19.4 Å². The predicted octanol–water partition coefficient (Wildman–Crippen LogP) is 1.46. The Morgan fingerprint density at radius 2 is 2.00 bits per heavy atom. The Morgan fingerprint density at radius 1 is 1.44 bits per heavy atom. The smallest absolute Gasteiger partial charge is 0.322 e. The number of nitrogens with two attached hydrogens (primary N) is 1. The summed E-state index contributed by atoms with van der Waals surface area (Å²) in [7, 11) is -1.36. The lowest BCUT2D eigenvalue weighted by Gasteiger charge is -2.17. The van der Waals surface area contributed by atoms with Crippen LogP contribution in [0.3, 0.4) is 0 Å². The van der Waals surface area contributed by atoms with Gasteiger partial charge in [-0.05, 0) is 12.3 Å². The maximum absolute atomic E-state index is 11.9. The number of hydrogen-bond acceptors (Lipinski definition) is 5. The van der Waals surface area contributed by atoms with Crippen molar-refractivity contribution in [3.63, 3.8) is 0 Å². The molecule has 0 radical (unpaired) electrons. The highest BCUT2D eigenvalue weighted by Crippen LogP contribution is 2.43. The van der Waals surface area contributed by atoms with Crippen LogP contribution in [0.1, 0.15) is 20.3 Å². The quantitative estimate of drug-likeness (QED) is 0.547. The summed E-state index contributed by atoms with van der Waals surface area (Å²) < 4.78 is 21.7. The van der Waals surface area contributed by atoms with Crippen molar-refractivity contribution < 1.29 is 18.6 Å². The number of esters is 1. The van der Waals surface area contributed by atoms with Gasteiger partial charge in [0.2, 0.25) is 0 Å². The van der Waals surface area contributed by atoms with Gasteiger partial charge in [0.1, 0.15) is 6.04 Å². The zero-order valence-electron chi connectivity index (χ0n) is 10.4. The topological polar surface area (TPSA) is 78.6 Å². The summed E-state index contributed by atoms with van der Waals surface area (Å²) in [5.41, 5.74) is 5.54. The van der Waals surface area contributed by atoms with E-state index in [0.717, 1.165) is 0 Å². The Hall–Kier alpha value is -0.380. The first-order valence-corrected chi connectivity index (χ1v) is 7.58. The van der Waals surface area contributed by atoms with Crippen molar-refractivity contribution in [3.8, 4) is 0 Å². The van der Waals surface area contributed by atoms with Gasteiger partial charge in [0.15, 0.2) is 7.37 Å². The molecule has 0 aromatic heterocycles. The van der Waals surface area contributed by atoms with Crippen LogP contribution in [0.15, 0.2) is 0 Å². The molecule has 2 atom stereocenters. The van der Waals surface area contributed by atoms with E-state index in [0.29, 0.717) is 25.1 Å². The standard InChI is InChI=1S/C10H22NO4P/c1-8(2)7-15-16(4,13)6-5-9(11)10(12)14-3/h8-9H,5-7,11H2,1-4H3. The highest BCUT2D eigenvalue weighted by atomic mass is 31.2. The number of methoxy groups -OCH3 is 1. The van der Waals surface area contributed by atoms with Crippen LogP contribution in [0, 0.1) is 5.92 Å². The summed E-state index contributed by atoms with van der Waals surface area (Å²) in [4.78, 5) is 11.0. The Kier molecular flexibility index (Phi) is 6.88. The Bertz CT molecular complexity index is 268. The number of carbonyl (C=O) groups excluding carboxylic acids is 1. The highest BCUT2D eigenvalue weighted by Gasteiger charge is 2.21. The molecular weight excluding hydrogens is 229 g/mol. The molecule has 96 valence electrons. The van der Waals surface area contributed by atoms with E-state index in [1.54, 1.807) is 6.66 Å². The van der Waals surface area contributed by atoms with Gasteiger partial charge in [0.25, 0.3) is 0 Å². The van der Waals surface area contributed by atoms with Gasteiger partial charge in [-0.25, -0.2) is 0 Å². The second kappa shape index (κ2) is 7.05. The molecule has 0 aromatic rings. The fourth-order valence-corrected chi connectivity index (χ4v) is 2.50. The summed E-state index contributed by atoms with van der Waals surface area (Å²) in [6.07, 6.45) is 0.620. The minimum Gasteiger partial charge on any atom is -0.468 e. The Labute approximate surface area is 97.1 Å². The van der Waals surface area contributed by atoms with Crippen LogP contribution < -0.4 is 5.73 Å². The maximum atomic E-state index is 11.9. The maximum Gasteiger partial charge on any atom is 0.322 e. The van der Waals surface area contributed by atoms with Crippen LogP contribution in [-0.4, -0.2) is 38.6 Å². The molecule has 0 spiro atoms. The van der Waals surface area contributed by atoms with Crippen molar-refractivity contribution in [1.29, 1.82) is 0 Å². The molecule has 2 unspecified atom stereocenters. The zero-order valence-corrected chi connectivity index (χ0v) is 11.3. The summed E-state index contributed by atoms with van der Waals surface area (Å²) in [5, 5.41) is 0. The normalized spacial score (nSPS) is 16.9. The van der Waals surface area contributed by atoms with Gasteiger partial charge < -0.3 is 15.0 Å². The van der Waals surface area contributed by atoms with Crippen LogP contribution in [0.5, 0.6) is 0 Å². The molecule has 0 heterocycles. The number of rotatable bonds is 7. The highest BCUT2D eigenvalue weighted by molar-refractivity contribution is 7.58. The van der Waals surface area contributed by atoms with Crippen LogP contribution in [0.4, 0.5) is 0 Å². The van der Waals surface area contributed by atoms with Crippen molar-refractivity contribution in [2.75, 3.05) is 26.5 Å². The SMILES string of the molecule is COC(=O)C(N)CCP(C)(=O)OCC(C)C. The minimum atomic E-state index is -2.64. The molecule has 16 heavy (non-hydrogen) atoms. The number of carbonyl (C=O) groups is 1. The lowest BCUT2D eigenvalue weighted by molar-refractivity contribution is -0.142. The van der Waals surface area contributed by atoms with Crippen molar-refractivity contribution >= 4 is 13.3 Å². The van der Waals surface area contributed by atoms with E-state index in [9.17, 15) is 9.36 Å². The van der Waals surface area contributed by atoms with Gasteiger partial charge >= 0.3 is 5.97 Å². The monoisotopic (exact) mass is 251 g/mol. The van der Waals surface area contributed by atoms with E-state index in [4.69, 9.17) is 10.3 Å². The molecular formula is C10H22NO4P. The third-order valence-corrected chi connectivity index (χ3v) is 3.80. The molecule has 2 N–H and O–H groups in total. The molecule has 0 aromatic carbocycles. The number of ether oxygens (including phenoxy) is 1. The predicted molar refractivity (Wildman–Crippen MR) is 63.8 cm³/mol. The fraction of sp³-hybridized carbons (Fsp3) is 0.900. The summed E-state index contributed by atoms with van der Waals surface area (Å²) >= 11 is 0. The summed E-state index contributed by atoms with van der Waals surface area (Å²) in [6.45, 7) is 6.00. The zero-order chi connectivity index (χ0) is 12.8. The molecule has 0 aliphatic heterocycles. The minimum absolute atomic E-state index is 0.302. The molecule has 0 saturated carbocycles. The third kappa shape index (κ3) is 6.99. The number of hydrogen-bond donors (Lipinski definition) is 1. The second-order valence-electron chi connectivity index (χ2n) is 4.35. The van der Waals surface area contributed by atoms with E-state index in [1.807, 2.05) is 13.8 Å². The van der Waals surface area contributed by atoms with Crippen molar-refractivity contribution in [1.82, 2.24) is 0 Å². The van der Waals surface area contributed by atoms with Gasteiger partial charge in [0, 0.05) is 12.8 Å². The van der Waals surface area contributed by atoms with E-state index >= 15 is 0 Å². The van der Waals surface area contributed by atoms with Gasteiger partial charge in [-0.2, -0.15) is 0 Å². The molecule has 6 heteroatoms. The van der Waals surface area contributed by atoms with E-state index in [2.05, 4.69) is 4.74 Å². The van der Waals surface area contributed by atoms with Gasteiger partial charge in [-0.3, -0.25) is 9.36 Å². The molecule has 0 saturated heterocycles. The summed E-state index contributed by atoms with van der Waals surface area (Å²) in [5.74, 6) is -0.147. The molecule has 0 rings (SSSR count). The molecule has 0 fully saturated rings. The lowest BCUT2D eigenvalue weighted by atomic mass is 10.2. The summed E-state index contributed by atoms with van der Waals surface area (Å²) in [6, 6.07) is -0.721. The Balaban J connectivity index is 3.98. The average Bonchev–Trinajstić information content (AvgIpc) is 2.22. The molecule has 0 bridgehead atoms. The lowest BCUT2D eigenvalue weighted by Crippen LogP contribution is -2.32. The van der Waals surface area contributed by atoms with Crippen LogP contribution in [0.2, 0.25) is 0 Å². The van der Waals surface area contributed by atoms with E-state index in [-0.39, 0.29) is 0 Å². The van der Waals surface area contributed by atoms with Crippen molar-refractivity contribution in [3.05, 3.63) is 0 Å². The molecule has 0 aliphatic rings. The molecule has 0 amide bonds. The van der Waals surface area contributed by atoms with Crippen LogP contribution >= 0.6 is 7.37 Å². The average molecular weight is 251 g/mol. The van der Waals surface area contributed by atoms with Gasteiger partial charge in [-0.15, -0.1) is 0 Å². The second-order valence-corrected chi connectivity index (χ2v) is 7.08. The van der Waals surface area contributed by atoms with Crippen LogP contribution in [-0.2, 0) is 18.6 Å². The fourth-order valence-electron chi connectivity index (χ4n) is 1.01. The van der Waals surface area contributed by atoms with Crippen LogP contribution in [0.25, 0.3) is 0 Å². The first-order chi connectivity index (χ1) is 7.28. The molecule has 0 aliphatic carbocycles. The first-order valence-electron chi connectivity index (χ1n) is 5.33. The molecule has 5 nitrogen and oxygen atoms in total.